The molecule has 0 spiro atoms. The van der Waals surface area contributed by atoms with E-state index < -0.39 is 5.25 Å². The maximum absolute atomic E-state index is 13.8. The van der Waals surface area contributed by atoms with Gasteiger partial charge in [-0.25, -0.2) is 4.68 Å². The molecule has 0 saturated heterocycles. The standard InChI is InChI=1S/C33H30N4O4S/c1-22-29(33(40)37(36(22)2)26-16-8-5-9-17-26)35-32(39)30(23-12-6-4-7-13-23)42-28-19-11-15-25(21-28)34-31(38)24-14-10-18-27(20-24)41-3/h4-21,30H,1-3H3,(H,34,38)(H,35,39). The van der Waals surface area contributed by atoms with Crippen LogP contribution in [0.5, 0.6) is 5.75 Å². The number of nitrogens with zero attached hydrogens (tertiary/aromatic N) is 2. The number of rotatable bonds is 9. The lowest BCUT2D eigenvalue weighted by atomic mass is 10.1. The Labute approximate surface area is 247 Å². The Morgan fingerprint density at radius 2 is 1.52 bits per heavy atom. The number of carbonyl (C=O) groups excluding carboxylic acids is 2. The molecule has 2 N–H and O–H groups in total. The van der Waals surface area contributed by atoms with Gasteiger partial charge in [-0.05, 0) is 61.0 Å². The molecule has 2 amide bonds. The highest BCUT2D eigenvalue weighted by molar-refractivity contribution is 8.00. The van der Waals surface area contributed by atoms with Gasteiger partial charge in [0.05, 0.1) is 18.5 Å². The number of thioether (sulfide) groups is 1. The summed E-state index contributed by atoms with van der Waals surface area (Å²) in [5.74, 6) is -0.0152. The summed E-state index contributed by atoms with van der Waals surface area (Å²) < 4.78 is 8.49. The van der Waals surface area contributed by atoms with Crippen LogP contribution < -0.4 is 20.9 Å². The molecule has 5 rings (SSSR count). The van der Waals surface area contributed by atoms with Crippen molar-refractivity contribution in [3.63, 3.8) is 0 Å². The highest BCUT2D eigenvalue weighted by Gasteiger charge is 2.26. The molecule has 1 heterocycles. The predicted molar refractivity (Wildman–Crippen MR) is 167 cm³/mol. The van der Waals surface area contributed by atoms with Crippen LogP contribution in [0, 0.1) is 6.92 Å². The molecular formula is C33H30N4O4S. The molecule has 0 aliphatic heterocycles. The van der Waals surface area contributed by atoms with E-state index in [4.69, 9.17) is 4.74 Å². The fourth-order valence-electron chi connectivity index (χ4n) is 4.55. The topological polar surface area (TPSA) is 94.4 Å². The average molecular weight is 579 g/mol. The molecule has 0 aliphatic carbocycles. The van der Waals surface area contributed by atoms with Gasteiger partial charge in [0.2, 0.25) is 5.91 Å². The summed E-state index contributed by atoms with van der Waals surface area (Å²) in [5.41, 5.74) is 3.09. The van der Waals surface area contributed by atoms with Crippen molar-refractivity contribution in [3.8, 4) is 11.4 Å². The maximum atomic E-state index is 13.8. The first kappa shape index (κ1) is 28.5. The molecule has 9 heteroatoms. The number of nitrogens with one attached hydrogen (secondary N) is 2. The van der Waals surface area contributed by atoms with Gasteiger partial charge in [0, 0.05) is 23.2 Å². The number of aromatic nitrogens is 2. The van der Waals surface area contributed by atoms with Gasteiger partial charge in [-0.15, -0.1) is 11.8 Å². The number of benzene rings is 4. The van der Waals surface area contributed by atoms with Crippen LogP contribution >= 0.6 is 11.8 Å². The molecule has 4 aromatic carbocycles. The van der Waals surface area contributed by atoms with Crippen LogP contribution in [0.1, 0.15) is 26.9 Å². The van der Waals surface area contributed by atoms with Crippen molar-refractivity contribution in [2.24, 2.45) is 7.05 Å². The Kier molecular flexibility index (Phi) is 8.59. The summed E-state index contributed by atoms with van der Waals surface area (Å²) >= 11 is 1.33. The summed E-state index contributed by atoms with van der Waals surface area (Å²) in [6.45, 7) is 1.80. The van der Waals surface area contributed by atoms with E-state index in [2.05, 4.69) is 10.6 Å². The Morgan fingerprint density at radius 1 is 0.833 bits per heavy atom. The summed E-state index contributed by atoms with van der Waals surface area (Å²) in [6.07, 6.45) is 0. The maximum Gasteiger partial charge on any atom is 0.295 e. The zero-order chi connectivity index (χ0) is 29.6. The number of amides is 2. The van der Waals surface area contributed by atoms with Gasteiger partial charge in [-0.1, -0.05) is 60.7 Å². The molecule has 1 unspecified atom stereocenters. The summed E-state index contributed by atoms with van der Waals surface area (Å²) in [6, 6.07) is 32.9. The summed E-state index contributed by atoms with van der Waals surface area (Å²) in [7, 11) is 3.34. The molecule has 1 aromatic heterocycles. The lowest BCUT2D eigenvalue weighted by Gasteiger charge is -2.17. The number of ether oxygens (including phenoxy) is 1. The fraction of sp³-hybridized carbons (Fsp3) is 0.121. The van der Waals surface area contributed by atoms with Crippen molar-refractivity contribution >= 4 is 35.0 Å². The van der Waals surface area contributed by atoms with Gasteiger partial charge in [0.15, 0.2) is 0 Å². The van der Waals surface area contributed by atoms with Gasteiger partial charge < -0.3 is 15.4 Å². The van der Waals surface area contributed by atoms with Crippen LogP contribution in [-0.4, -0.2) is 28.3 Å². The van der Waals surface area contributed by atoms with E-state index in [1.54, 1.807) is 56.1 Å². The molecule has 0 bridgehead atoms. The third kappa shape index (κ3) is 6.16. The van der Waals surface area contributed by atoms with E-state index in [9.17, 15) is 14.4 Å². The Hall–Kier alpha value is -5.02. The summed E-state index contributed by atoms with van der Waals surface area (Å²) in [5, 5.41) is 5.16. The number of methoxy groups -OCH3 is 1. The fourth-order valence-corrected chi connectivity index (χ4v) is 5.64. The largest absolute Gasteiger partial charge is 0.497 e. The molecule has 42 heavy (non-hydrogen) atoms. The molecule has 0 saturated carbocycles. The SMILES string of the molecule is COc1cccc(C(=O)Nc2cccc(SC(C(=O)Nc3c(C)n(C)n(-c4ccccc4)c3=O)c3ccccc3)c2)c1. The van der Waals surface area contributed by atoms with E-state index in [1.165, 1.54) is 16.4 Å². The van der Waals surface area contributed by atoms with E-state index in [0.717, 1.165) is 10.5 Å². The van der Waals surface area contributed by atoms with Gasteiger partial charge in [-0.3, -0.25) is 19.1 Å². The van der Waals surface area contributed by atoms with Crippen LogP contribution in [0.4, 0.5) is 11.4 Å². The number of anilines is 2. The normalized spacial score (nSPS) is 11.5. The first-order chi connectivity index (χ1) is 20.4. The molecule has 212 valence electrons. The van der Waals surface area contributed by atoms with Crippen molar-refractivity contribution in [3.05, 3.63) is 136 Å². The monoisotopic (exact) mass is 578 g/mol. The minimum atomic E-state index is -0.667. The van der Waals surface area contributed by atoms with Gasteiger partial charge in [-0.2, -0.15) is 0 Å². The van der Waals surface area contributed by atoms with E-state index in [-0.39, 0.29) is 23.1 Å². The zero-order valence-electron chi connectivity index (χ0n) is 23.4. The van der Waals surface area contributed by atoms with Crippen LogP contribution in [0.15, 0.2) is 119 Å². The van der Waals surface area contributed by atoms with Gasteiger partial charge >= 0.3 is 0 Å². The van der Waals surface area contributed by atoms with Crippen molar-refractivity contribution in [2.45, 2.75) is 17.1 Å². The molecule has 5 aromatic rings. The summed E-state index contributed by atoms with van der Waals surface area (Å²) in [4.78, 5) is 40.9. The number of hydrogen-bond donors (Lipinski definition) is 2. The zero-order valence-corrected chi connectivity index (χ0v) is 24.2. The highest BCUT2D eigenvalue weighted by Crippen LogP contribution is 2.37. The van der Waals surface area contributed by atoms with Gasteiger partial charge in [0.1, 0.15) is 16.7 Å². The predicted octanol–water partition coefficient (Wildman–Crippen LogP) is 6.22. The van der Waals surface area contributed by atoms with Crippen molar-refractivity contribution in [1.82, 2.24) is 9.36 Å². The van der Waals surface area contributed by atoms with Crippen molar-refractivity contribution < 1.29 is 14.3 Å². The van der Waals surface area contributed by atoms with Gasteiger partial charge in [0.25, 0.3) is 11.5 Å². The van der Waals surface area contributed by atoms with Crippen LogP contribution in [-0.2, 0) is 11.8 Å². The molecule has 0 fully saturated rings. The quantitative estimate of drug-likeness (QED) is 0.203. The van der Waals surface area contributed by atoms with Crippen molar-refractivity contribution in [1.29, 1.82) is 0 Å². The van der Waals surface area contributed by atoms with E-state index >= 15 is 0 Å². The molecule has 8 nitrogen and oxygen atoms in total. The molecule has 0 aliphatic rings. The number of hydrogen-bond acceptors (Lipinski definition) is 5. The minimum absolute atomic E-state index is 0.229. The van der Waals surface area contributed by atoms with Crippen LogP contribution in [0.2, 0.25) is 0 Å². The Morgan fingerprint density at radius 3 is 2.24 bits per heavy atom. The number of para-hydroxylation sites is 1. The molecule has 1 atom stereocenters. The number of carbonyl (C=O) groups is 2. The first-order valence-corrected chi connectivity index (χ1v) is 14.2. The van der Waals surface area contributed by atoms with Crippen molar-refractivity contribution in [2.75, 3.05) is 17.7 Å². The lowest BCUT2D eigenvalue weighted by Crippen LogP contribution is -2.25. The molecular weight excluding hydrogens is 548 g/mol. The lowest BCUT2D eigenvalue weighted by molar-refractivity contribution is -0.115. The van der Waals surface area contributed by atoms with E-state index in [1.807, 2.05) is 78.9 Å². The Bertz CT molecular complexity index is 1780. The third-order valence-corrected chi connectivity index (χ3v) is 8.07. The second-order valence-electron chi connectivity index (χ2n) is 9.55. The third-order valence-electron chi connectivity index (χ3n) is 6.82. The second kappa shape index (κ2) is 12.7. The Balaban J connectivity index is 1.40. The second-order valence-corrected chi connectivity index (χ2v) is 10.7. The van der Waals surface area contributed by atoms with E-state index in [0.29, 0.717) is 28.4 Å². The minimum Gasteiger partial charge on any atom is -0.497 e. The van der Waals surface area contributed by atoms with Crippen LogP contribution in [0.3, 0.4) is 0 Å². The van der Waals surface area contributed by atoms with Crippen LogP contribution in [0.25, 0.3) is 5.69 Å². The highest BCUT2D eigenvalue weighted by atomic mass is 32.2. The first-order valence-electron chi connectivity index (χ1n) is 13.3. The smallest absolute Gasteiger partial charge is 0.295 e. The average Bonchev–Trinajstić information content (AvgIpc) is 3.23. The molecule has 0 radical (unpaired) electrons.